The summed E-state index contributed by atoms with van der Waals surface area (Å²) in [6.07, 6.45) is 7.06. The molecular formula is C12H14. The zero-order valence-electron chi connectivity index (χ0n) is 7.72. The Labute approximate surface area is 74.6 Å². The van der Waals surface area contributed by atoms with Gasteiger partial charge in [0.2, 0.25) is 0 Å². The molecule has 1 aromatic rings. The zero-order valence-corrected chi connectivity index (χ0v) is 7.72. The Morgan fingerprint density at radius 1 is 1.33 bits per heavy atom. The van der Waals surface area contributed by atoms with Crippen LogP contribution >= 0.6 is 0 Å². The van der Waals surface area contributed by atoms with Crippen molar-refractivity contribution in [2.75, 3.05) is 0 Å². The van der Waals surface area contributed by atoms with E-state index in [1.165, 1.54) is 16.7 Å². The van der Waals surface area contributed by atoms with Gasteiger partial charge in [-0.1, -0.05) is 18.2 Å². The van der Waals surface area contributed by atoms with Crippen LogP contribution in [0, 0.1) is 26.2 Å². The van der Waals surface area contributed by atoms with Crippen LogP contribution in [0.25, 0.3) is 0 Å². The predicted molar refractivity (Wildman–Crippen MR) is 53.1 cm³/mol. The van der Waals surface area contributed by atoms with Crippen LogP contribution < -0.4 is 0 Å². The molecule has 0 aliphatic heterocycles. The molecule has 0 unspecified atom stereocenters. The van der Waals surface area contributed by atoms with Crippen LogP contribution in [0.1, 0.15) is 23.1 Å². The first kappa shape index (κ1) is 8.87. The minimum Gasteiger partial charge on any atom is -0.120 e. The normalized spacial score (nSPS) is 9.42. The average Bonchev–Trinajstić information content (AvgIpc) is 2.08. The summed E-state index contributed by atoms with van der Waals surface area (Å²) in [4.78, 5) is 0. The van der Waals surface area contributed by atoms with E-state index in [4.69, 9.17) is 6.42 Å². The fourth-order valence-electron chi connectivity index (χ4n) is 1.29. The van der Waals surface area contributed by atoms with Gasteiger partial charge in [0.05, 0.1) is 0 Å². The van der Waals surface area contributed by atoms with Crippen molar-refractivity contribution < 1.29 is 0 Å². The van der Waals surface area contributed by atoms with Gasteiger partial charge >= 0.3 is 0 Å². The van der Waals surface area contributed by atoms with Crippen LogP contribution in [-0.2, 0) is 6.42 Å². The number of benzene rings is 1. The van der Waals surface area contributed by atoms with E-state index in [1.54, 1.807) is 0 Å². The van der Waals surface area contributed by atoms with Crippen molar-refractivity contribution in [1.29, 1.82) is 0 Å². The molecule has 0 spiro atoms. The molecule has 0 bridgehead atoms. The second-order valence-corrected chi connectivity index (χ2v) is 3.06. The molecule has 1 aromatic carbocycles. The highest BCUT2D eigenvalue weighted by Crippen LogP contribution is 2.13. The van der Waals surface area contributed by atoms with Gasteiger partial charge in [-0.2, -0.15) is 0 Å². The third-order valence-electron chi connectivity index (χ3n) is 2.26. The standard InChI is InChI=1S/C12H14/c1-4-5-8-12-9-6-7-10(2)11(12)3/h1,6-7,9H,5,8H2,2-3H3. The van der Waals surface area contributed by atoms with Crippen molar-refractivity contribution in [3.05, 3.63) is 34.9 Å². The Morgan fingerprint density at radius 2 is 2.08 bits per heavy atom. The Morgan fingerprint density at radius 3 is 2.75 bits per heavy atom. The number of rotatable bonds is 2. The van der Waals surface area contributed by atoms with Crippen LogP contribution in [0.3, 0.4) is 0 Å². The predicted octanol–water partition coefficient (Wildman–Crippen LogP) is 2.87. The van der Waals surface area contributed by atoms with Crippen molar-refractivity contribution in [2.45, 2.75) is 26.7 Å². The molecule has 0 amide bonds. The van der Waals surface area contributed by atoms with E-state index in [9.17, 15) is 0 Å². The first-order chi connectivity index (χ1) is 5.75. The third-order valence-corrected chi connectivity index (χ3v) is 2.26. The summed E-state index contributed by atoms with van der Waals surface area (Å²) in [5, 5.41) is 0. The lowest BCUT2D eigenvalue weighted by Gasteiger charge is -2.05. The molecule has 0 saturated heterocycles. The van der Waals surface area contributed by atoms with Gasteiger partial charge in [0.15, 0.2) is 0 Å². The van der Waals surface area contributed by atoms with Crippen molar-refractivity contribution in [2.24, 2.45) is 0 Å². The monoisotopic (exact) mass is 158 g/mol. The molecule has 0 fully saturated rings. The van der Waals surface area contributed by atoms with Crippen molar-refractivity contribution >= 4 is 0 Å². The van der Waals surface area contributed by atoms with E-state index in [0.717, 1.165) is 12.8 Å². The molecule has 1 rings (SSSR count). The Balaban J connectivity index is 2.86. The largest absolute Gasteiger partial charge is 0.120 e. The van der Waals surface area contributed by atoms with Gasteiger partial charge in [-0.15, -0.1) is 12.3 Å². The maximum atomic E-state index is 5.21. The summed E-state index contributed by atoms with van der Waals surface area (Å²) in [5.74, 6) is 2.66. The molecule has 0 heterocycles. The lowest BCUT2D eigenvalue weighted by Crippen LogP contribution is -1.90. The number of terminal acetylenes is 1. The van der Waals surface area contributed by atoms with Crippen LogP contribution in [-0.4, -0.2) is 0 Å². The summed E-state index contributed by atoms with van der Waals surface area (Å²) in [6, 6.07) is 6.38. The number of hydrogen-bond donors (Lipinski definition) is 0. The number of aryl methyl sites for hydroxylation is 2. The summed E-state index contributed by atoms with van der Waals surface area (Å²) in [5.41, 5.74) is 4.12. The quantitative estimate of drug-likeness (QED) is 0.580. The first-order valence-electron chi connectivity index (χ1n) is 4.24. The van der Waals surface area contributed by atoms with Gasteiger partial charge in [-0.25, -0.2) is 0 Å². The minimum absolute atomic E-state index is 0.838. The molecule has 0 N–H and O–H groups in total. The van der Waals surface area contributed by atoms with E-state index < -0.39 is 0 Å². The van der Waals surface area contributed by atoms with E-state index in [1.807, 2.05) is 0 Å². The van der Waals surface area contributed by atoms with Crippen LogP contribution in [0.2, 0.25) is 0 Å². The van der Waals surface area contributed by atoms with Crippen molar-refractivity contribution in [3.8, 4) is 12.3 Å². The highest BCUT2D eigenvalue weighted by Gasteiger charge is 1.98. The molecule has 0 saturated carbocycles. The fraction of sp³-hybridized carbons (Fsp3) is 0.333. The van der Waals surface area contributed by atoms with E-state index in [0.29, 0.717) is 0 Å². The second kappa shape index (κ2) is 3.97. The highest BCUT2D eigenvalue weighted by molar-refractivity contribution is 5.33. The summed E-state index contributed by atoms with van der Waals surface area (Å²) >= 11 is 0. The fourth-order valence-corrected chi connectivity index (χ4v) is 1.29. The SMILES string of the molecule is C#CCCc1cccc(C)c1C. The van der Waals surface area contributed by atoms with Crippen molar-refractivity contribution in [1.82, 2.24) is 0 Å². The molecule has 0 atom stereocenters. The molecular weight excluding hydrogens is 144 g/mol. The van der Waals surface area contributed by atoms with E-state index in [-0.39, 0.29) is 0 Å². The lowest BCUT2D eigenvalue weighted by atomic mass is 10.00. The summed E-state index contributed by atoms with van der Waals surface area (Å²) in [6.45, 7) is 4.29. The molecule has 0 aliphatic rings. The van der Waals surface area contributed by atoms with E-state index in [2.05, 4.69) is 38.0 Å². The smallest absolute Gasteiger partial charge is 0.0127 e. The van der Waals surface area contributed by atoms with Crippen molar-refractivity contribution in [3.63, 3.8) is 0 Å². The lowest BCUT2D eigenvalue weighted by molar-refractivity contribution is 1.01. The van der Waals surface area contributed by atoms with Gasteiger partial charge in [0.25, 0.3) is 0 Å². The van der Waals surface area contributed by atoms with Gasteiger partial charge in [0.1, 0.15) is 0 Å². The van der Waals surface area contributed by atoms with Crippen LogP contribution in [0.5, 0.6) is 0 Å². The summed E-state index contributed by atoms with van der Waals surface area (Å²) in [7, 11) is 0. The summed E-state index contributed by atoms with van der Waals surface area (Å²) < 4.78 is 0. The van der Waals surface area contributed by atoms with E-state index >= 15 is 0 Å². The van der Waals surface area contributed by atoms with Gasteiger partial charge in [0, 0.05) is 6.42 Å². The van der Waals surface area contributed by atoms with Gasteiger partial charge in [-0.3, -0.25) is 0 Å². The first-order valence-corrected chi connectivity index (χ1v) is 4.24. The Hall–Kier alpha value is -1.22. The van der Waals surface area contributed by atoms with Crippen LogP contribution in [0.15, 0.2) is 18.2 Å². The Kier molecular flexibility index (Phi) is 2.94. The number of hydrogen-bond acceptors (Lipinski definition) is 0. The maximum absolute atomic E-state index is 5.21. The van der Waals surface area contributed by atoms with Crippen LogP contribution in [0.4, 0.5) is 0 Å². The third kappa shape index (κ3) is 1.89. The second-order valence-electron chi connectivity index (χ2n) is 3.06. The highest BCUT2D eigenvalue weighted by atomic mass is 14.0. The zero-order chi connectivity index (χ0) is 8.97. The molecule has 62 valence electrons. The molecule has 0 aromatic heterocycles. The maximum Gasteiger partial charge on any atom is 0.0127 e. The molecule has 0 radical (unpaired) electrons. The minimum atomic E-state index is 0.838. The topological polar surface area (TPSA) is 0 Å². The Bertz CT molecular complexity index is 302. The van der Waals surface area contributed by atoms with Gasteiger partial charge < -0.3 is 0 Å². The molecule has 0 heteroatoms. The average molecular weight is 158 g/mol. The van der Waals surface area contributed by atoms with Gasteiger partial charge in [-0.05, 0) is 37.0 Å². The molecule has 12 heavy (non-hydrogen) atoms. The molecule has 0 aliphatic carbocycles. The molecule has 0 nitrogen and oxygen atoms in total.